The van der Waals surface area contributed by atoms with E-state index in [0.717, 1.165) is 51.7 Å². The van der Waals surface area contributed by atoms with Crippen LogP contribution in [0.1, 0.15) is 39.0 Å². The quantitative estimate of drug-likeness (QED) is 0.835. The molecule has 0 bridgehead atoms. The molecule has 0 aromatic heterocycles. The van der Waals surface area contributed by atoms with Crippen molar-refractivity contribution >= 4 is 17.6 Å². The van der Waals surface area contributed by atoms with Gasteiger partial charge in [-0.3, -0.25) is 4.79 Å². The molecule has 1 aromatic carbocycles. The summed E-state index contributed by atoms with van der Waals surface area (Å²) in [5, 5.41) is 6.17. The maximum absolute atomic E-state index is 12.6. The van der Waals surface area contributed by atoms with Gasteiger partial charge in [0.05, 0.1) is 0 Å². The lowest BCUT2D eigenvalue weighted by atomic mass is 9.96. The largest absolute Gasteiger partial charge is 0.371 e. The highest BCUT2D eigenvalue weighted by molar-refractivity contribution is 5.79. The van der Waals surface area contributed by atoms with Crippen LogP contribution in [0.5, 0.6) is 0 Å². The molecule has 6 nitrogen and oxygen atoms in total. The summed E-state index contributed by atoms with van der Waals surface area (Å²) in [6.45, 7) is 6.06. The van der Waals surface area contributed by atoms with E-state index in [0.29, 0.717) is 13.1 Å². The number of hydrogen-bond acceptors (Lipinski definition) is 3. The fourth-order valence-corrected chi connectivity index (χ4v) is 3.92. The molecule has 0 spiro atoms. The zero-order valence-corrected chi connectivity index (χ0v) is 16.3. The Morgan fingerprint density at radius 1 is 1.00 bits per heavy atom. The van der Waals surface area contributed by atoms with Gasteiger partial charge < -0.3 is 20.4 Å². The summed E-state index contributed by atoms with van der Waals surface area (Å²) in [6.07, 6.45) is 4.41. The number of amides is 3. The summed E-state index contributed by atoms with van der Waals surface area (Å²) in [5.74, 6) is 0.194. The van der Waals surface area contributed by atoms with Crippen LogP contribution in [0.4, 0.5) is 10.5 Å². The third kappa shape index (κ3) is 5.37. The first kappa shape index (κ1) is 19.5. The number of nitrogens with zero attached hydrogens (tertiary/aromatic N) is 2. The third-order valence-electron chi connectivity index (χ3n) is 5.65. The Kier molecular flexibility index (Phi) is 6.96. The molecule has 148 valence electrons. The lowest BCUT2D eigenvalue weighted by Crippen LogP contribution is -2.51. The van der Waals surface area contributed by atoms with E-state index in [9.17, 15) is 9.59 Å². The van der Waals surface area contributed by atoms with Gasteiger partial charge in [0.15, 0.2) is 0 Å². The van der Waals surface area contributed by atoms with Gasteiger partial charge in [-0.05, 0) is 44.2 Å². The number of urea groups is 1. The Morgan fingerprint density at radius 3 is 2.30 bits per heavy atom. The summed E-state index contributed by atoms with van der Waals surface area (Å²) >= 11 is 0. The van der Waals surface area contributed by atoms with Gasteiger partial charge in [0.25, 0.3) is 0 Å². The monoisotopic (exact) mass is 372 g/mol. The molecular formula is C21H32N4O2. The van der Waals surface area contributed by atoms with E-state index in [4.69, 9.17) is 0 Å². The Morgan fingerprint density at radius 2 is 1.67 bits per heavy atom. The number of anilines is 1. The molecule has 6 heteroatoms. The van der Waals surface area contributed by atoms with E-state index in [2.05, 4.69) is 46.7 Å². The van der Waals surface area contributed by atoms with Crippen LogP contribution in [-0.4, -0.2) is 55.6 Å². The standard InChI is InChI=1S/C21H32N4O2/c1-2-12-22-20(26)17-8-13-25(14-9-17)21(27)23-18-10-15-24(16-11-18)19-6-4-3-5-7-19/h3-7,17-18H,2,8-16H2,1H3,(H,22,26)(H,23,27). The number of hydrogen-bond donors (Lipinski definition) is 2. The van der Waals surface area contributed by atoms with E-state index in [1.54, 1.807) is 0 Å². The minimum Gasteiger partial charge on any atom is -0.371 e. The van der Waals surface area contributed by atoms with E-state index < -0.39 is 0 Å². The summed E-state index contributed by atoms with van der Waals surface area (Å²) in [5.41, 5.74) is 1.26. The normalized spacial score (nSPS) is 19.0. The molecule has 1 aromatic rings. The van der Waals surface area contributed by atoms with Gasteiger partial charge >= 0.3 is 6.03 Å². The van der Waals surface area contributed by atoms with Crippen LogP contribution in [0.15, 0.2) is 30.3 Å². The van der Waals surface area contributed by atoms with Gasteiger partial charge in [-0.2, -0.15) is 0 Å². The van der Waals surface area contributed by atoms with Crippen LogP contribution in [0.2, 0.25) is 0 Å². The summed E-state index contributed by atoms with van der Waals surface area (Å²) in [6, 6.07) is 10.7. The molecule has 0 atom stereocenters. The molecule has 0 radical (unpaired) electrons. The SMILES string of the molecule is CCCNC(=O)C1CCN(C(=O)NC2CCN(c3ccccc3)CC2)CC1. The van der Waals surface area contributed by atoms with Crippen molar-refractivity contribution in [1.82, 2.24) is 15.5 Å². The Balaban J connectivity index is 1.38. The number of para-hydroxylation sites is 1. The summed E-state index contributed by atoms with van der Waals surface area (Å²) in [7, 11) is 0. The van der Waals surface area contributed by atoms with Crippen molar-refractivity contribution in [1.29, 1.82) is 0 Å². The lowest BCUT2D eigenvalue weighted by molar-refractivity contribution is -0.126. The predicted octanol–water partition coefficient (Wildman–Crippen LogP) is 2.60. The fraction of sp³-hybridized carbons (Fsp3) is 0.619. The van der Waals surface area contributed by atoms with Crippen LogP contribution in [0.25, 0.3) is 0 Å². The second-order valence-corrected chi connectivity index (χ2v) is 7.60. The average molecular weight is 373 g/mol. The van der Waals surface area contributed by atoms with Crippen molar-refractivity contribution in [2.75, 3.05) is 37.6 Å². The van der Waals surface area contributed by atoms with Crippen LogP contribution >= 0.6 is 0 Å². The van der Waals surface area contributed by atoms with Crippen molar-refractivity contribution in [3.63, 3.8) is 0 Å². The molecule has 3 amide bonds. The second-order valence-electron chi connectivity index (χ2n) is 7.60. The van der Waals surface area contributed by atoms with Gasteiger partial charge in [0, 0.05) is 50.4 Å². The van der Waals surface area contributed by atoms with Crippen molar-refractivity contribution in [2.24, 2.45) is 5.92 Å². The predicted molar refractivity (Wildman–Crippen MR) is 108 cm³/mol. The highest BCUT2D eigenvalue weighted by atomic mass is 16.2. The van der Waals surface area contributed by atoms with Crippen molar-refractivity contribution in [2.45, 2.75) is 45.1 Å². The van der Waals surface area contributed by atoms with Crippen molar-refractivity contribution in [3.05, 3.63) is 30.3 Å². The molecule has 2 fully saturated rings. The van der Waals surface area contributed by atoms with E-state index in [1.807, 2.05) is 11.0 Å². The first-order chi connectivity index (χ1) is 13.2. The summed E-state index contributed by atoms with van der Waals surface area (Å²) in [4.78, 5) is 28.9. The molecule has 0 saturated carbocycles. The van der Waals surface area contributed by atoms with Crippen molar-refractivity contribution in [3.8, 4) is 0 Å². The number of piperidine rings is 2. The zero-order chi connectivity index (χ0) is 19.1. The fourth-order valence-electron chi connectivity index (χ4n) is 3.92. The van der Waals surface area contributed by atoms with Gasteiger partial charge in [-0.25, -0.2) is 4.79 Å². The zero-order valence-electron chi connectivity index (χ0n) is 16.3. The Bertz CT molecular complexity index is 606. The second kappa shape index (κ2) is 9.62. The lowest BCUT2D eigenvalue weighted by Gasteiger charge is -2.36. The number of likely N-dealkylation sites (tertiary alicyclic amines) is 1. The van der Waals surface area contributed by atoms with E-state index >= 15 is 0 Å². The van der Waals surface area contributed by atoms with Gasteiger partial charge in [0.2, 0.25) is 5.91 Å². The smallest absolute Gasteiger partial charge is 0.317 e. The number of carbonyl (C=O) groups excluding carboxylic acids is 2. The highest BCUT2D eigenvalue weighted by Gasteiger charge is 2.28. The maximum Gasteiger partial charge on any atom is 0.317 e. The molecule has 3 rings (SSSR count). The number of carbonyl (C=O) groups is 2. The number of nitrogens with one attached hydrogen (secondary N) is 2. The molecule has 2 heterocycles. The highest BCUT2D eigenvalue weighted by Crippen LogP contribution is 2.21. The topological polar surface area (TPSA) is 64.7 Å². The Labute approximate surface area is 162 Å². The van der Waals surface area contributed by atoms with Crippen LogP contribution in [0, 0.1) is 5.92 Å². The first-order valence-corrected chi connectivity index (χ1v) is 10.3. The van der Waals surface area contributed by atoms with Gasteiger partial charge in [-0.1, -0.05) is 25.1 Å². The molecule has 2 aliphatic rings. The number of benzene rings is 1. The molecule has 0 unspecified atom stereocenters. The van der Waals surface area contributed by atoms with E-state index in [-0.39, 0.29) is 23.9 Å². The average Bonchev–Trinajstić information content (AvgIpc) is 2.73. The van der Waals surface area contributed by atoms with Crippen molar-refractivity contribution < 1.29 is 9.59 Å². The molecule has 2 N–H and O–H groups in total. The molecule has 2 aliphatic heterocycles. The maximum atomic E-state index is 12.6. The van der Waals surface area contributed by atoms with Crippen LogP contribution < -0.4 is 15.5 Å². The van der Waals surface area contributed by atoms with Crippen LogP contribution in [0.3, 0.4) is 0 Å². The first-order valence-electron chi connectivity index (χ1n) is 10.3. The van der Waals surface area contributed by atoms with Gasteiger partial charge in [-0.15, -0.1) is 0 Å². The third-order valence-corrected chi connectivity index (χ3v) is 5.65. The van der Waals surface area contributed by atoms with Crippen LogP contribution in [-0.2, 0) is 4.79 Å². The minimum absolute atomic E-state index is 0.0283. The minimum atomic E-state index is 0.0283. The Hall–Kier alpha value is -2.24. The molecule has 0 aliphatic carbocycles. The number of rotatable bonds is 5. The van der Waals surface area contributed by atoms with Gasteiger partial charge in [0.1, 0.15) is 0 Å². The molecule has 27 heavy (non-hydrogen) atoms. The molecule has 2 saturated heterocycles. The molecular weight excluding hydrogens is 340 g/mol. The van der Waals surface area contributed by atoms with E-state index in [1.165, 1.54) is 5.69 Å². The summed E-state index contributed by atoms with van der Waals surface area (Å²) < 4.78 is 0.